The lowest BCUT2D eigenvalue weighted by Gasteiger charge is -2.35. The number of rotatable bonds is 8. The number of allylic oxidation sites excluding steroid dienone is 1. The van der Waals surface area contributed by atoms with Crippen molar-refractivity contribution < 1.29 is 38.1 Å². The molecule has 1 heterocycles. The molecule has 42 heavy (non-hydrogen) atoms. The molecule has 0 spiro atoms. The van der Waals surface area contributed by atoms with Gasteiger partial charge in [0.25, 0.3) is 0 Å². The molecule has 0 fully saturated rings. The number of para-hydroxylation sites is 2. The van der Waals surface area contributed by atoms with Crippen molar-refractivity contribution in [3.8, 4) is 17.2 Å². The zero-order valence-electron chi connectivity index (χ0n) is 23.4. The van der Waals surface area contributed by atoms with E-state index < -0.39 is 30.2 Å². The highest BCUT2D eigenvalue weighted by Crippen LogP contribution is 2.49. The lowest BCUT2D eigenvalue weighted by molar-refractivity contribution is -0.305. The largest absolute Gasteiger partial charge is 0.550 e. The van der Waals surface area contributed by atoms with Crippen molar-refractivity contribution in [3.63, 3.8) is 0 Å². The first-order valence-electron chi connectivity index (χ1n) is 13.4. The molecule has 3 aromatic carbocycles. The first kappa shape index (κ1) is 28.7. The van der Waals surface area contributed by atoms with E-state index in [2.05, 4.69) is 5.32 Å². The number of benzene rings is 3. The quantitative estimate of drug-likeness (QED) is 0.425. The van der Waals surface area contributed by atoms with Crippen LogP contribution in [-0.4, -0.2) is 39.0 Å². The van der Waals surface area contributed by atoms with E-state index >= 15 is 0 Å². The fourth-order valence-electron chi connectivity index (χ4n) is 5.76. The van der Waals surface area contributed by atoms with Gasteiger partial charge >= 0.3 is 0 Å². The van der Waals surface area contributed by atoms with Gasteiger partial charge in [0.1, 0.15) is 5.82 Å². The van der Waals surface area contributed by atoms with Crippen molar-refractivity contribution in [1.82, 2.24) is 0 Å². The lowest BCUT2D eigenvalue weighted by atomic mass is 9.78. The van der Waals surface area contributed by atoms with Gasteiger partial charge in [-0.2, -0.15) is 0 Å². The summed E-state index contributed by atoms with van der Waals surface area (Å²) in [6, 6.07) is 15.4. The van der Waals surface area contributed by atoms with Crippen molar-refractivity contribution in [3.05, 3.63) is 88.9 Å². The zero-order valence-corrected chi connectivity index (χ0v) is 23.4. The summed E-state index contributed by atoms with van der Waals surface area (Å²) >= 11 is 0. The molecule has 0 aromatic heterocycles. The Morgan fingerprint density at radius 1 is 0.929 bits per heavy atom. The fraction of sp³-hybridized carbons (Fsp3) is 0.281. The predicted molar refractivity (Wildman–Crippen MR) is 151 cm³/mol. The number of hydrogen-bond donors (Lipinski definition) is 1. The van der Waals surface area contributed by atoms with Crippen molar-refractivity contribution in [2.75, 3.05) is 31.5 Å². The molecule has 0 bridgehead atoms. The molecule has 0 saturated carbocycles. The summed E-state index contributed by atoms with van der Waals surface area (Å²) in [5, 5.41) is 14.6. The van der Waals surface area contributed by atoms with Gasteiger partial charge < -0.3 is 29.4 Å². The molecule has 2 atom stereocenters. The zero-order chi connectivity index (χ0) is 30.0. The Bertz CT molecular complexity index is 1560. The number of Topliss-reactive ketones (excluding diaryl/α,β-unsaturated/α-hetero) is 1. The van der Waals surface area contributed by atoms with Crippen LogP contribution in [0.1, 0.15) is 48.8 Å². The van der Waals surface area contributed by atoms with Crippen LogP contribution in [0, 0.1) is 5.82 Å². The highest BCUT2D eigenvalue weighted by atomic mass is 19.1. The van der Waals surface area contributed by atoms with Gasteiger partial charge in [-0.15, -0.1) is 0 Å². The number of nitrogens with one attached hydrogen (secondary N) is 1. The maximum atomic E-state index is 14.6. The number of ether oxygens (including phenoxy) is 3. The normalized spacial score (nSPS) is 17.9. The van der Waals surface area contributed by atoms with E-state index in [1.807, 2.05) is 12.1 Å². The SMILES string of the molecule is COc1cc([C@@H]2CC(=O)C3=C(C2)Nc2ccccc2N(C(=O)CCC(=O)[O-])[C@H]3c2cccc(F)c2)cc(OC)c1OC. The molecular weight excluding hydrogens is 543 g/mol. The van der Waals surface area contributed by atoms with Gasteiger partial charge in [-0.1, -0.05) is 24.3 Å². The van der Waals surface area contributed by atoms with Gasteiger partial charge in [-0.25, -0.2) is 4.39 Å². The van der Waals surface area contributed by atoms with Crippen LogP contribution in [0.4, 0.5) is 15.8 Å². The highest BCUT2D eigenvalue weighted by Gasteiger charge is 2.41. The average molecular weight is 574 g/mol. The summed E-state index contributed by atoms with van der Waals surface area (Å²) < 4.78 is 31.1. The number of halogens is 1. The van der Waals surface area contributed by atoms with Gasteiger partial charge in [0, 0.05) is 30.1 Å². The lowest BCUT2D eigenvalue weighted by Crippen LogP contribution is -2.39. The molecule has 2 aliphatic rings. The number of amides is 1. The van der Waals surface area contributed by atoms with Crippen molar-refractivity contribution in [2.45, 2.75) is 37.6 Å². The Morgan fingerprint density at radius 3 is 2.29 bits per heavy atom. The number of carboxylic acids is 1. The van der Waals surface area contributed by atoms with Crippen molar-refractivity contribution in [1.29, 1.82) is 0 Å². The van der Waals surface area contributed by atoms with E-state index in [1.54, 1.807) is 30.3 Å². The topological polar surface area (TPSA) is 117 Å². The molecule has 5 rings (SSSR count). The molecule has 218 valence electrons. The molecule has 3 aromatic rings. The third-order valence-electron chi connectivity index (χ3n) is 7.62. The number of aliphatic carboxylic acids is 1. The third kappa shape index (κ3) is 5.39. The Labute approximate surface area is 242 Å². The second kappa shape index (κ2) is 11.9. The third-order valence-corrected chi connectivity index (χ3v) is 7.62. The molecule has 0 radical (unpaired) electrons. The van der Waals surface area contributed by atoms with Crippen LogP contribution in [0.15, 0.2) is 71.9 Å². The van der Waals surface area contributed by atoms with Gasteiger partial charge in [0.05, 0.1) is 38.7 Å². The van der Waals surface area contributed by atoms with E-state index in [1.165, 1.54) is 44.4 Å². The summed E-state index contributed by atoms with van der Waals surface area (Å²) in [5.74, 6) is -1.59. The smallest absolute Gasteiger partial charge is 0.228 e. The van der Waals surface area contributed by atoms with Crippen molar-refractivity contribution >= 4 is 29.0 Å². The van der Waals surface area contributed by atoms with E-state index in [9.17, 15) is 23.9 Å². The van der Waals surface area contributed by atoms with Gasteiger partial charge in [-0.05, 0) is 66.3 Å². The highest BCUT2D eigenvalue weighted by molar-refractivity contribution is 6.06. The van der Waals surface area contributed by atoms with Crippen LogP contribution in [0.3, 0.4) is 0 Å². The minimum atomic E-state index is -1.37. The van der Waals surface area contributed by atoms with Crippen LogP contribution in [0.2, 0.25) is 0 Å². The molecule has 1 amide bonds. The van der Waals surface area contributed by atoms with E-state index in [0.717, 1.165) is 5.56 Å². The summed E-state index contributed by atoms with van der Waals surface area (Å²) in [5.41, 5.74) is 3.10. The summed E-state index contributed by atoms with van der Waals surface area (Å²) in [6.45, 7) is 0. The number of carbonyl (C=O) groups excluding carboxylic acids is 3. The first-order valence-corrected chi connectivity index (χ1v) is 13.4. The maximum absolute atomic E-state index is 14.6. The number of ketones is 1. The number of carbonyl (C=O) groups is 3. The Morgan fingerprint density at radius 2 is 1.64 bits per heavy atom. The summed E-state index contributed by atoms with van der Waals surface area (Å²) in [6.07, 6.45) is -0.361. The molecule has 0 unspecified atom stereocenters. The number of fused-ring (bicyclic) bond motifs is 1. The molecule has 9 nitrogen and oxygen atoms in total. The number of nitrogens with zero attached hydrogens (tertiary/aromatic N) is 1. The monoisotopic (exact) mass is 573 g/mol. The van der Waals surface area contributed by atoms with Crippen LogP contribution in [-0.2, 0) is 14.4 Å². The van der Waals surface area contributed by atoms with Crippen molar-refractivity contribution in [2.24, 2.45) is 0 Å². The Balaban J connectivity index is 1.67. The predicted octanol–water partition coefficient (Wildman–Crippen LogP) is 4.28. The number of hydrogen-bond acceptors (Lipinski definition) is 8. The van der Waals surface area contributed by atoms with E-state index in [-0.39, 0.29) is 24.5 Å². The standard InChI is InChI=1S/C32H31FN2O7/c1-40-26-16-20(17-27(41-2)32(26)42-3)19-14-23-30(25(36)15-19)31(18-7-6-8-21(33)13-18)35(28(37)11-12-29(38)39)24-10-5-4-9-22(24)34-23/h4-10,13,16-17,19,31,34H,11-12,14-15H2,1-3H3,(H,38,39)/p-1/t19-,31-/m0/s1. The second-order valence-electron chi connectivity index (χ2n) is 10.1. The van der Waals surface area contributed by atoms with E-state index in [4.69, 9.17) is 14.2 Å². The molecule has 1 aliphatic carbocycles. The molecule has 1 N–H and O–H groups in total. The molecule has 10 heteroatoms. The number of methoxy groups -OCH3 is 3. The molecule has 1 aliphatic heterocycles. The molecule has 0 saturated heterocycles. The minimum Gasteiger partial charge on any atom is -0.550 e. The minimum absolute atomic E-state index is 0.0996. The fourth-order valence-corrected chi connectivity index (χ4v) is 5.76. The van der Waals surface area contributed by atoms with Gasteiger partial charge in [0.2, 0.25) is 11.7 Å². The Hall–Kier alpha value is -4.86. The summed E-state index contributed by atoms with van der Waals surface area (Å²) in [4.78, 5) is 40.5. The van der Waals surface area contributed by atoms with Crippen LogP contribution < -0.4 is 29.5 Å². The maximum Gasteiger partial charge on any atom is 0.228 e. The summed E-state index contributed by atoms with van der Waals surface area (Å²) in [7, 11) is 4.56. The molecular formula is C32H30FN2O7-. The van der Waals surface area contributed by atoms with Gasteiger partial charge in [-0.3, -0.25) is 14.5 Å². The number of carboxylic acid groups (broad SMARTS) is 1. The van der Waals surface area contributed by atoms with Gasteiger partial charge in [0.15, 0.2) is 17.3 Å². The second-order valence-corrected chi connectivity index (χ2v) is 10.1. The van der Waals surface area contributed by atoms with Crippen LogP contribution in [0.25, 0.3) is 0 Å². The van der Waals surface area contributed by atoms with Crippen LogP contribution >= 0.6 is 0 Å². The number of anilines is 2. The first-order chi connectivity index (χ1) is 20.2. The van der Waals surface area contributed by atoms with Crippen LogP contribution in [0.5, 0.6) is 17.2 Å². The van der Waals surface area contributed by atoms with E-state index in [0.29, 0.717) is 51.9 Å². The Kier molecular flexibility index (Phi) is 8.15. The average Bonchev–Trinajstić information content (AvgIpc) is 3.13.